The van der Waals surface area contributed by atoms with Crippen LogP contribution >= 0.6 is 11.3 Å². The summed E-state index contributed by atoms with van der Waals surface area (Å²) in [5, 5.41) is 4.89. The van der Waals surface area contributed by atoms with Gasteiger partial charge in [0.2, 0.25) is 0 Å². The molecule has 4 heteroatoms. The fourth-order valence-electron chi connectivity index (χ4n) is 2.48. The van der Waals surface area contributed by atoms with E-state index in [-0.39, 0.29) is 5.78 Å². The summed E-state index contributed by atoms with van der Waals surface area (Å²) >= 11 is 1.49. The van der Waals surface area contributed by atoms with Gasteiger partial charge in [-0.2, -0.15) is 0 Å². The second-order valence-corrected chi connectivity index (χ2v) is 6.17. The van der Waals surface area contributed by atoms with Crippen LogP contribution in [-0.4, -0.2) is 10.8 Å². The van der Waals surface area contributed by atoms with E-state index < -0.39 is 0 Å². The van der Waals surface area contributed by atoms with E-state index in [2.05, 4.69) is 4.98 Å². The standard InChI is InChI=1S/C20H13NO2S/c22-18(16-8-7-14-4-1-2-5-15(14)12-16)10-9-17-13-24-20(21-17)19-6-3-11-23-19/h1-13H. The Bertz CT molecular complexity index is 1030. The number of furan rings is 1. The number of hydrogen-bond acceptors (Lipinski definition) is 4. The van der Waals surface area contributed by atoms with E-state index in [1.807, 2.05) is 60.0 Å². The summed E-state index contributed by atoms with van der Waals surface area (Å²) in [4.78, 5) is 16.8. The highest BCUT2D eigenvalue weighted by Crippen LogP contribution is 2.24. The SMILES string of the molecule is O=C(C=Cc1csc(-c2ccco2)n1)c1ccc2ccccc2c1. The Hall–Kier alpha value is -2.98. The van der Waals surface area contributed by atoms with Gasteiger partial charge in [-0.05, 0) is 41.1 Å². The highest BCUT2D eigenvalue weighted by atomic mass is 32.1. The fourth-order valence-corrected chi connectivity index (χ4v) is 3.23. The molecule has 3 nitrogen and oxygen atoms in total. The molecule has 0 N–H and O–H groups in total. The lowest BCUT2D eigenvalue weighted by Crippen LogP contribution is -1.93. The molecule has 0 aliphatic rings. The third kappa shape index (κ3) is 2.92. The quantitative estimate of drug-likeness (QED) is 0.369. The minimum atomic E-state index is -0.0340. The molecule has 2 aromatic carbocycles. The number of aromatic nitrogens is 1. The predicted octanol–water partition coefficient (Wildman–Crippen LogP) is 5.45. The third-order valence-electron chi connectivity index (χ3n) is 3.69. The Morgan fingerprint density at radius 1 is 1.04 bits per heavy atom. The molecule has 0 spiro atoms. The topological polar surface area (TPSA) is 43.1 Å². The van der Waals surface area contributed by atoms with E-state index in [0.717, 1.165) is 27.2 Å². The van der Waals surface area contributed by atoms with Crippen molar-refractivity contribution in [1.82, 2.24) is 4.98 Å². The lowest BCUT2D eigenvalue weighted by Gasteiger charge is -2.00. The Kier molecular flexibility index (Phi) is 3.81. The molecule has 0 amide bonds. The van der Waals surface area contributed by atoms with E-state index in [1.165, 1.54) is 11.3 Å². The maximum absolute atomic E-state index is 12.4. The van der Waals surface area contributed by atoms with E-state index in [4.69, 9.17) is 4.42 Å². The molecule has 0 radical (unpaired) electrons. The van der Waals surface area contributed by atoms with Crippen molar-refractivity contribution in [2.24, 2.45) is 0 Å². The zero-order valence-electron chi connectivity index (χ0n) is 12.7. The van der Waals surface area contributed by atoms with Crippen molar-refractivity contribution in [3.8, 4) is 10.8 Å². The lowest BCUT2D eigenvalue weighted by atomic mass is 10.0. The number of benzene rings is 2. The summed E-state index contributed by atoms with van der Waals surface area (Å²) in [6.07, 6.45) is 4.92. The van der Waals surface area contributed by atoms with Crippen molar-refractivity contribution in [3.05, 3.63) is 83.6 Å². The smallest absolute Gasteiger partial charge is 0.185 e. The largest absolute Gasteiger partial charge is 0.462 e. The normalized spacial score (nSPS) is 11.3. The summed E-state index contributed by atoms with van der Waals surface area (Å²) in [7, 11) is 0. The molecule has 2 aromatic heterocycles. The molecular weight excluding hydrogens is 318 g/mol. The van der Waals surface area contributed by atoms with Gasteiger partial charge in [-0.1, -0.05) is 36.4 Å². The number of rotatable bonds is 4. The molecule has 0 unspecified atom stereocenters. The first-order chi connectivity index (χ1) is 11.8. The van der Waals surface area contributed by atoms with Gasteiger partial charge < -0.3 is 4.42 Å². The lowest BCUT2D eigenvalue weighted by molar-refractivity contribution is 0.104. The minimum Gasteiger partial charge on any atom is -0.462 e. The summed E-state index contributed by atoms with van der Waals surface area (Å²) in [6, 6.07) is 17.4. The minimum absolute atomic E-state index is 0.0340. The van der Waals surface area contributed by atoms with Gasteiger partial charge in [-0.15, -0.1) is 11.3 Å². The predicted molar refractivity (Wildman–Crippen MR) is 97.1 cm³/mol. The molecule has 0 saturated heterocycles. The molecule has 0 aliphatic heterocycles. The van der Waals surface area contributed by atoms with E-state index in [0.29, 0.717) is 5.56 Å². The summed E-state index contributed by atoms with van der Waals surface area (Å²) < 4.78 is 5.33. The molecule has 4 aromatic rings. The van der Waals surface area contributed by atoms with Crippen LogP contribution in [0.2, 0.25) is 0 Å². The van der Waals surface area contributed by atoms with Crippen LogP contribution < -0.4 is 0 Å². The molecule has 116 valence electrons. The highest BCUT2D eigenvalue weighted by Gasteiger charge is 2.06. The summed E-state index contributed by atoms with van der Waals surface area (Å²) in [5.74, 6) is 0.703. The van der Waals surface area contributed by atoms with E-state index in [1.54, 1.807) is 18.4 Å². The molecule has 0 fully saturated rings. The van der Waals surface area contributed by atoms with Crippen molar-refractivity contribution in [1.29, 1.82) is 0 Å². The van der Waals surface area contributed by atoms with Gasteiger partial charge in [-0.25, -0.2) is 4.98 Å². The number of ketones is 1. The average Bonchev–Trinajstić information content (AvgIpc) is 3.30. The van der Waals surface area contributed by atoms with Crippen molar-refractivity contribution in [2.45, 2.75) is 0 Å². The molecule has 0 aliphatic carbocycles. The van der Waals surface area contributed by atoms with Crippen LogP contribution in [0.1, 0.15) is 16.1 Å². The van der Waals surface area contributed by atoms with Crippen molar-refractivity contribution in [3.63, 3.8) is 0 Å². The Morgan fingerprint density at radius 2 is 1.92 bits per heavy atom. The summed E-state index contributed by atoms with van der Waals surface area (Å²) in [6.45, 7) is 0. The number of nitrogens with zero attached hydrogens (tertiary/aromatic N) is 1. The van der Waals surface area contributed by atoms with Gasteiger partial charge >= 0.3 is 0 Å². The first kappa shape index (κ1) is 14.6. The maximum atomic E-state index is 12.4. The molecule has 0 atom stereocenters. The first-order valence-corrected chi connectivity index (χ1v) is 8.38. The van der Waals surface area contributed by atoms with Crippen LogP contribution in [0, 0.1) is 0 Å². The van der Waals surface area contributed by atoms with Crippen molar-refractivity contribution < 1.29 is 9.21 Å². The Labute approximate surface area is 142 Å². The van der Waals surface area contributed by atoms with Gasteiger partial charge in [0.25, 0.3) is 0 Å². The number of hydrogen-bond donors (Lipinski definition) is 0. The zero-order valence-corrected chi connectivity index (χ0v) is 13.5. The maximum Gasteiger partial charge on any atom is 0.185 e. The van der Waals surface area contributed by atoms with E-state index >= 15 is 0 Å². The Balaban J connectivity index is 1.55. The number of carbonyl (C=O) groups excluding carboxylic acids is 1. The number of carbonyl (C=O) groups is 1. The van der Waals surface area contributed by atoms with Crippen LogP contribution in [0.15, 0.2) is 76.7 Å². The zero-order chi connectivity index (χ0) is 16.4. The molecule has 0 bridgehead atoms. The molecule has 4 rings (SSSR count). The van der Waals surface area contributed by atoms with Crippen LogP contribution in [0.25, 0.3) is 27.6 Å². The number of allylic oxidation sites excluding steroid dienone is 1. The second kappa shape index (κ2) is 6.26. The van der Waals surface area contributed by atoms with Crippen LogP contribution in [0.5, 0.6) is 0 Å². The Morgan fingerprint density at radius 3 is 2.75 bits per heavy atom. The molecule has 0 saturated carbocycles. The summed E-state index contributed by atoms with van der Waals surface area (Å²) in [5.41, 5.74) is 1.42. The van der Waals surface area contributed by atoms with Crippen LogP contribution in [0.4, 0.5) is 0 Å². The van der Waals surface area contributed by atoms with Crippen molar-refractivity contribution >= 4 is 34.0 Å². The molecule has 24 heavy (non-hydrogen) atoms. The van der Waals surface area contributed by atoms with Gasteiger partial charge in [0.1, 0.15) is 0 Å². The number of thiazole rings is 1. The highest BCUT2D eigenvalue weighted by molar-refractivity contribution is 7.13. The van der Waals surface area contributed by atoms with Crippen LogP contribution in [0.3, 0.4) is 0 Å². The van der Waals surface area contributed by atoms with E-state index in [9.17, 15) is 4.79 Å². The van der Waals surface area contributed by atoms with Gasteiger partial charge in [0.15, 0.2) is 16.6 Å². The monoisotopic (exact) mass is 331 g/mol. The fraction of sp³-hybridized carbons (Fsp3) is 0. The van der Waals surface area contributed by atoms with Gasteiger partial charge in [0.05, 0.1) is 12.0 Å². The van der Waals surface area contributed by atoms with Gasteiger partial charge in [0, 0.05) is 10.9 Å². The number of fused-ring (bicyclic) bond motifs is 1. The van der Waals surface area contributed by atoms with Crippen LogP contribution in [-0.2, 0) is 0 Å². The third-order valence-corrected chi connectivity index (χ3v) is 4.57. The van der Waals surface area contributed by atoms with Gasteiger partial charge in [-0.3, -0.25) is 4.79 Å². The average molecular weight is 331 g/mol. The molecule has 2 heterocycles. The van der Waals surface area contributed by atoms with Crippen molar-refractivity contribution in [2.75, 3.05) is 0 Å². The molecular formula is C20H13NO2S. The second-order valence-electron chi connectivity index (χ2n) is 5.31. The first-order valence-electron chi connectivity index (χ1n) is 7.50.